The Kier molecular flexibility index (Phi) is 8.47. The second-order valence-corrected chi connectivity index (χ2v) is 11.9. The number of piperidine rings is 1. The number of carbonyl (C=O) groups is 1. The van der Waals surface area contributed by atoms with Gasteiger partial charge in [0.15, 0.2) is 5.65 Å². The van der Waals surface area contributed by atoms with E-state index in [1.54, 1.807) is 39.9 Å². The molecular weight excluding hydrogens is 573 g/mol. The molecule has 0 bridgehead atoms. The largest absolute Gasteiger partial charge is 0.457 e. The predicted octanol–water partition coefficient (Wildman–Crippen LogP) is 4.30. The molecule has 1 unspecified atom stereocenters. The minimum absolute atomic E-state index is 0.122. The highest BCUT2D eigenvalue weighted by Gasteiger charge is 2.33. The molecule has 3 N–H and O–H groups in total. The Labute approximate surface area is 261 Å². The van der Waals surface area contributed by atoms with Gasteiger partial charge < -0.3 is 20.7 Å². The number of likely N-dealkylation sites (tertiary alicyclic amines) is 1. The van der Waals surface area contributed by atoms with Crippen molar-refractivity contribution in [1.82, 2.24) is 34.9 Å². The van der Waals surface area contributed by atoms with Gasteiger partial charge in [-0.15, -0.1) is 0 Å². The van der Waals surface area contributed by atoms with E-state index in [9.17, 15) is 10.1 Å². The van der Waals surface area contributed by atoms with E-state index in [1.807, 2.05) is 32.0 Å². The average Bonchev–Trinajstić information content (AvgIpc) is 3.45. The Hall–Kier alpha value is -4.86. The van der Waals surface area contributed by atoms with Crippen LogP contribution in [0.3, 0.4) is 0 Å². The number of nitrogens with zero attached hydrogens (tertiary/aromatic N) is 7. The van der Waals surface area contributed by atoms with Crippen molar-refractivity contribution in [3.05, 3.63) is 72.3 Å². The number of anilines is 1. The molecule has 2 saturated heterocycles. The molecule has 0 radical (unpaired) electrons. The van der Waals surface area contributed by atoms with Gasteiger partial charge in [0.2, 0.25) is 0 Å². The summed E-state index contributed by atoms with van der Waals surface area (Å²) in [5, 5.41) is 18.6. The lowest BCUT2D eigenvalue weighted by molar-refractivity contribution is -0.128. The zero-order valence-electron chi connectivity index (χ0n) is 25.4. The van der Waals surface area contributed by atoms with Crippen molar-refractivity contribution in [2.45, 2.75) is 38.3 Å². The lowest BCUT2D eigenvalue weighted by Crippen LogP contribution is -2.53. The lowest BCUT2D eigenvalue weighted by atomic mass is 9.97. The first kappa shape index (κ1) is 30.2. The van der Waals surface area contributed by atoms with Crippen molar-refractivity contribution >= 4 is 22.8 Å². The number of nitriles is 1. The summed E-state index contributed by atoms with van der Waals surface area (Å²) in [6.45, 7) is 8.30. The molecule has 1 amide bonds. The van der Waals surface area contributed by atoms with Crippen molar-refractivity contribution < 1.29 is 13.9 Å². The number of rotatable bonds is 7. The number of nitrogen functional groups attached to an aromatic ring is 1. The molecule has 0 aliphatic carbocycles. The summed E-state index contributed by atoms with van der Waals surface area (Å²) in [6, 6.07) is 15.6. The minimum Gasteiger partial charge on any atom is -0.457 e. The van der Waals surface area contributed by atoms with Crippen LogP contribution in [0.5, 0.6) is 11.5 Å². The maximum absolute atomic E-state index is 15.6. The maximum Gasteiger partial charge on any atom is 0.264 e. The quantitative estimate of drug-likeness (QED) is 0.232. The Bertz CT molecular complexity index is 1770. The number of para-hydroxylation sites is 1. The summed E-state index contributed by atoms with van der Waals surface area (Å²) in [6.07, 6.45) is 4.56. The van der Waals surface area contributed by atoms with Gasteiger partial charge in [0.25, 0.3) is 5.91 Å². The summed E-state index contributed by atoms with van der Waals surface area (Å²) >= 11 is 0. The number of piperazine rings is 1. The van der Waals surface area contributed by atoms with E-state index in [1.165, 1.54) is 12.4 Å². The van der Waals surface area contributed by atoms with Gasteiger partial charge in [0.05, 0.1) is 11.4 Å². The normalized spacial score (nSPS) is 18.1. The Morgan fingerprint density at radius 2 is 1.91 bits per heavy atom. The van der Waals surface area contributed by atoms with E-state index in [2.05, 4.69) is 26.3 Å². The summed E-state index contributed by atoms with van der Waals surface area (Å²) in [7, 11) is 0. The zero-order valence-corrected chi connectivity index (χ0v) is 25.4. The Balaban J connectivity index is 1.28. The van der Waals surface area contributed by atoms with Crippen molar-refractivity contribution in [2.24, 2.45) is 0 Å². The van der Waals surface area contributed by atoms with Crippen LogP contribution in [0.15, 0.2) is 66.5 Å². The summed E-state index contributed by atoms with van der Waals surface area (Å²) < 4.78 is 23.1. The number of fused-ring (bicyclic) bond motifs is 1. The van der Waals surface area contributed by atoms with Gasteiger partial charge >= 0.3 is 0 Å². The first-order chi connectivity index (χ1) is 21.7. The molecule has 11 nitrogen and oxygen atoms in total. The molecule has 1 atom stereocenters. The molecule has 0 spiro atoms. The van der Waals surface area contributed by atoms with E-state index in [4.69, 9.17) is 15.6 Å². The molecule has 45 heavy (non-hydrogen) atoms. The van der Waals surface area contributed by atoms with Crippen LogP contribution < -0.4 is 15.8 Å². The number of halogens is 1. The van der Waals surface area contributed by atoms with Crippen LogP contribution in [0, 0.1) is 17.1 Å². The molecule has 2 aromatic carbocycles. The van der Waals surface area contributed by atoms with E-state index in [-0.39, 0.29) is 28.9 Å². The molecule has 0 saturated carbocycles. The first-order valence-corrected chi connectivity index (χ1v) is 15.1. The number of nitrogens with two attached hydrogens (primary N) is 1. The second-order valence-electron chi connectivity index (χ2n) is 11.9. The molecule has 2 aliphatic rings. The van der Waals surface area contributed by atoms with Crippen LogP contribution >= 0.6 is 0 Å². The number of nitrogens with one attached hydrogen (secondary N) is 1. The third-order valence-electron chi connectivity index (χ3n) is 8.50. The summed E-state index contributed by atoms with van der Waals surface area (Å²) in [5.74, 6) is 0.276. The fraction of sp³-hybridized carbons (Fsp3) is 0.364. The molecule has 6 rings (SSSR count). The van der Waals surface area contributed by atoms with Crippen LogP contribution in [0.2, 0.25) is 0 Å². The fourth-order valence-electron chi connectivity index (χ4n) is 6.15. The molecule has 4 heterocycles. The standard InChI is InChI=1S/C33H36FN9O2/c1-33(2,42-15-12-37-13-16-42)18-22(19-35)32(44)41-14-6-7-23(20-41)43-31-28(30(36)38-21-39-31)29(40-43)26-11-10-25(17-27(26)34)45-24-8-4-3-5-9-24/h3-5,8-11,17-18,21,23,37H,6-7,12-16,20H2,1-2H3,(H2,36,38,39)/b22-18-. The molecule has 2 aliphatic heterocycles. The van der Waals surface area contributed by atoms with Crippen molar-refractivity contribution in [1.29, 1.82) is 5.26 Å². The topological polar surface area (TPSA) is 138 Å². The number of hydrogen-bond acceptors (Lipinski definition) is 9. The van der Waals surface area contributed by atoms with Gasteiger partial charge in [-0.2, -0.15) is 10.4 Å². The van der Waals surface area contributed by atoms with Gasteiger partial charge in [-0.25, -0.2) is 19.0 Å². The zero-order chi connectivity index (χ0) is 31.6. The van der Waals surface area contributed by atoms with Gasteiger partial charge in [-0.05, 0) is 57.0 Å². The number of amides is 1. The van der Waals surface area contributed by atoms with Gasteiger partial charge in [0.1, 0.15) is 46.8 Å². The van der Waals surface area contributed by atoms with Crippen LogP contribution in [0.4, 0.5) is 10.2 Å². The number of carbonyl (C=O) groups excluding carboxylic acids is 1. The second kappa shape index (κ2) is 12.6. The highest BCUT2D eigenvalue weighted by molar-refractivity contribution is 5.99. The third-order valence-corrected chi connectivity index (χ3v) is 8.50. The van der Waals surface area contributed by atoms with Crippen LogP contribution in [-0.4, -0.2) is 80.3 Å². The Morgan fingerprint density at radius 1 is 1.13 bits per heavy atom. The van der Waals surface area contributed by atoms with Crippen molar-refractivity contribution in [3.8, 4) is 28.8 Å². The summed E-state index contributed by atoms with van der Waals surface area (Å²) in [5.41, 5.74) is 6.97. The van der Waals surface area contributed by atoms with E-state index in [0.717, 1.165) is 26.2 Å². The maximum atomic E-state index is 15.6. The van der Waals surface area contributed by atoms with E-state index in [0.29, 0.717) is 54.2 Å². The van der Waals surface area contributed by atoms with E-state index < -0.39 is 11.4 Å². The number of aromatic nitrogens is 4. The van der Waals surface area contributed by atoms with Crippen LogP contribution in [-0.2, 0) is 4.79 Å². The average molecular weight is 610 g/mol. The molecule has 2 fully saturated rings. The molecule has 2 aromatic heterocycles. The van der Waals surface area contributed by atoms with Gasteiger partial charge in [-0.3, -0.25) is 9.69 Å². The van der Waals surface area contributed by atoms with Crippen LogP contribution in [0.25, 0.3) is 22.3 Å². The molecular formula is C33H36FN9O2. The van der Waals surface area contributed by atoms with Crippen molar-refractivity contribution in [2.75, 3.05) is 45.0 Å². The smallest absolute Gasteiger partial charge is 0.264 e. The summed E-state index contributed by atoms with van der Waals surface area (Å²) in [4.78, 5) is 26.3. The van der Waals surface area contributed by atoms with Crippen LogP contribution in [0.1, 0.15) is 32.7 Å². The number of hydrogen-bond donors (Lipinski definition) is 2. The minimum atomic E-state index is -0.533. The fourth-order valence-corrected chi connectivity index (χ4v) is 6.15. The highest BCUT2D eigenvalue weighted by Crippen LogP contribution is 2.36. The monoisotopic (exact) mass is 609 g/mol. The van der Waals surface area contributed by atoms with Gasteiger partial charge in [-0.1, -0.05) is 18.2 Å². The van der Waals surface area contributed by atoms with E-state index >= 15 is 4.39 Å². The van der Waals surface area contributed by atoms with Gasteiger partial charge in [0, 0.05) is 56.4 Å². The number of ether oxygens (including phenoxy) is 1. The number of benzene rings is 2. The lowest BCUT2D eigenvalue weighted by Gasteiger charge is -2.39. The first-order valence-electron chi connectivity index (χ1n) is 15.1. The molecule has 232 valence electrons. The third kappa shape index (κ3) is 6.22. The Morgan fingerprint density at radius 3 is 2.64 bits per heavy atom. The molecule has 12 heteroatoms. The SMILES string of the molecule is CC(C)(/C=C(/C#N)C(=O)N1CCCC(n2nc(-c3ccc(Oc4ccccc4)cc3F)c3c(N)ncnc32)C1)N1CCNCC1. The van der Waals surface area contributed by atoms with Crippen molar-refractivity contribution in [3.63, 3.8) is 0 Å². The molecule has 4 aromatic rings. The predicted molar refractivity (Wildman–Crippen MR) is 169 cm³/mol. The highest BCUT2D eigenvalue weighted by atomic mass is 19.1.